The van der Waals surface area contributed by atoms with Crippen molar-refractivity contribution in [1.29, 1.82) is 5.26 Å². The average molecular weight is 264 g/mol. The van der Waals surface area contributed by atoms with Crippen molar-refractivity contribution in [3.63, 3.8) is 0 Å². The second-order valence-corrected chi connectivity index (χ2v) is 6.27. The highest BCUT2D eigenvalue weighted by Crippen LogP contribution is 2.40. The molecule has 0 saturated heterocycles. The summed E-state index contributed by atoms with van der Waals surface area (Å²) in [6.07, 6.45) is 4.57. The van der Waals surface area contributed by atoms with E-state index in [2.05, 4.69) is 23.2 Å². The van der Waals surface area contributed by atoms with Crippen LogP contribution in [0.25, 0.3) is 0 Å². The fourth-order valence-electron chi connectivity index (χ4n) is 2.49. The maximum atomic E-state index is 9.27. The first kappa shape index (κ1) is 13.4. The van der Waals surface area contributed by atoms with E-state index in [0.717, 1.165) is 29.7 Å². The van der Waals surface area contributed by atoms with Crippen molar-refractivity contribution in [2.45, 2.75) is 49.9 Å². The summed E-state index contributed by atoms with van der Waals surface area (Å²) >= 11 is 1.73. The van der Waals surface area contributed by atoms with Crippen LogP contribution in [0.4, 0.5) is 0 Å². The fourth-order valence-corrected chi connectivity index (χ4v) is 3.86. The molecule has 4 nitrogen and oxygen atoms in total. The van der Waals surface area contributed by atoms with E-state index in [1.165, 1.54) is 12.8 Å². The topological polar surface area (TPSA) is 54.5 Å². The lowest BCUT2D eigenvalue weighted by Gasteiger charge is -2.31. The second kappa shape index (κ2) is 5.75. The Labute approximate surface area is 113 Å². The third-order valence-electron chi connectivity index (χ3n) is 3.95. The predicted molar refractivity (Wildman–Crippen MR) is 72.1 cm³/mol. The molecule has 0 spiro atoms. The zero-order chi connectivity index (χ0) is 13.1. The minimum Gasteiger partial charge on any atom is -0.309 e. The minimum absolute atomic E-state index is 0.162. The summed E-state index contributed by atoms with van der Waals surface area (Å²) in [4.78, 5) is 0. The van der Waals surface area contributed by atoms with Gasteiger partial charge in [-0.1, -0.05) is 25.1 Å². The van der Waals surface area contributed by atoms with Crippen molar-refractivity contribution in [3.05, 3.63) is 5.82 Å². The molecule has 0 amide bonds. The molecule has 0 radical (unpaired) electrons. The lowest BCUT2D eigenvalue weighted by Crippen LogP contribution is -2.26. The average Bonchev–Trinajstić information content (AvgIpc) is 2.70. The maximum Gasteiger partial charge on any atom is 0.191 e. The smallest absolute Gasteiger partial charge is 0.191 e. The van der Waals surface area contributed by atoms with Gasteiger partial charge < -0.3 is 4.57 Å². The van der Waals surface area contributed by atoms with Crippen LogP contribution in [0.2, 0.25) is 0 Å². The van der Waals surface area contributed by atoms with Gasteiger partial charge in [0.2, 0.25) is 0 Å². The normalized spacial score (nSPS) is 28.0. The summed E-state index contributed by atoms with van der Waals surface area (Å²) in [5.41, 5.74) is 0. The minimum atomic E-state index is 0.162. The number of thioether (sulfide) groups is 1. The number of rotatable bonds is 3. The first-order chi connectivity index (χ1) is 8.65. The molecule has 0 N–H and O–H groups in total. The van der Waals surface area contributed by atoms with E-state index in [-0.39, 0.29) is 5.92 Å². The Hall–Kier alpha value is -1.02. The first-order valence-corrected chi connectivity index (χ1v) is 7.46. The van der Waals surface area contributed by atoms with Gasteiger partial charge in [0, 0.05) is 12.3 Å². The van der Waals surface area contributed by atoms with Gasteiger partial charge in [0.25, 0.3) is 0 Å². The molecule has 1 aromatic heterocycles. The van der Waals surface area contributed by atoms with E-state index < -0.39 is 0 Å². The van der Waals surface area contributed by atoms with Gasteiger partial charge in [-0.05, 0) is 32.1 Å². The molecule has 3 atom stereocenters. The highest BCUT2D eigenvalue weighted by atomic mass is 32.2. The van der Waals surface area contributed by atoms with Crippen molar-refractivity contribution < 1.29 is 0 Å². The Balaban J connectivity index is 2.10. The van der Waals surface area contributed by atoms with Crippen LogP contribution < -0.4 is 0 Å². The Morgan fingerprint density at radius 1 is 1.44 bits per heavy atom. The van der Waals surface area contributed by atoms with Gasteiger partial charge in [-0.25, -0.2) is 0 Å². The number of aryl methyl sites for hydroxylation is 1. The van der Waals surface area contributed by atoms with Gasteiger partial charge in [0.1, 0.15) is 5.82 Å². The van der Waals surface area contributed by atoms with Crippen LogP contribution in [0.1, 0.15) is 38.4 Å². The monoisotopic (exact) mass is 264 g/mol. The van der Waals surface area contributed by atoms with Crippen molar-refractivity contribution in [1.82, 2.24) is 14.8 Å². The van der Waals surface area contributed by atoms with E-state index in [0.29, 0.717) is 5.25 Å². The van der Waals surface area contributed by atoms with Crippen molar-refractivity contribution in [3.8, 4) is 6.07 Å². The molecule has 0 aromatic carbocycles. The van der Waals surface area contributed by atoms with Gasteiger partial charge in [-0.15, -0.1) is 10.2 Å². The molecular weight excluding hydrogens is 244 g/mol. The van der Waals surface area contributed by atoms with E-state index in [1.54, 1.807) is 11.8 Å². The van der Waals surface area contributed by atoms with E-state index in [9.17, 15) is 5.26 Å². The molecule has 1 aliphatic rings. The molecule has 1 aromatic rings. The van der Waals surface area contributed by atoms with E-state index in [4.69, 9.17) is 0 Å². The van der Waals surface area contributed by atoms with Crippen molar-refractivity contribution in [2.75, 3.05) is 0 Å². The quantitative estimate of drug-likeness (QED) is 0.842. The number of hydrogen-bond donors (Lipinski definition) is 0. The molecule has 0 bridgehead atoms. The van der Waals surface area contributed by atoms with Gasteiger partial charge in [-0.3, -0.25) is 0 Å². The Bertz CT molecular complexity index is 448. The van der Waals surface area contributed by atoms with Crippen LogP contribution in [0.15, 0.2) is 5.16 Å². The summed E-state index contributed by atoms with van der Waals surface area (Å²) in [6, 6.07) is 2.47. The van der Waals surface area contributed by atoms with Crippen molar-refractivity contribution in [2.24, 2.45) is 18.9 Å². The molecule has 18 heavy (non-hydrogen) atoms. The van der Waals surface area contributed by atoms with Crippen LogP contribution in [0, 0.1) is 30.1 Å². The van der Waals surface area contributed by atoms with Crippen LogP contribution >= 0.6 is 11.8 Å². The van der Waals surface area contributed by atoms with Crippen LogP contribution in [-0.2, 0) is 7.05 Å². The standard InChI is InChI=1S/C13H20N4S/c1-4-10-5-6-11(8-14)12(7-10)18-13-16-15-9(2)17(13)3/h10-12H,4-7H2,1-3H3. The third kappa shape index (κ3) is 2.69. The zero-order valence-electron chi connectivity index (χ0n) is 11.3. The summed E-state index contributed by atoms with van der Waals surface area (Å²) in [5, 5.41) is 18.9. The number of nitriles is 1. The van der Waals surface area contributed by atoms with E-state index >= 15 is 0 Å². The van der Waals surface area contributed by atoms with Crippen LogP contribution in [-0.4, -0.2) is 20.0 Å². The van der Waals surface area contributed by atoms with Crippen molar-refractivity contribution >= 4 is 11.8 Å². The molecule has 1 saturated carbocycles. The molecule has 0 aliphatic heterocycles. The molecule has 5 heteroatoms. The Morgan fingerprint density at radius 2 is 2.22 bits per heavy atom. The second-order valence-electron chi connectivity index (χ2n) is 5.07. The van der Waals surface area contributed by atoms with Gasteiger partial charge in [0.05, 0.1) is 12.0 Å². The predicted octanol–water partition coefficient (Wildman–Crippen LogP) is 2.93. The van der Waals surface area contributed by atoms with Crippen LogP contribution in [0.5, 0.6) is 0 Å². The number of aromatic nitrogens is 3. The third-order valence-corrected chi connectivity index (χ3v) is 5.34. The molecule has 3 unspecified atom stereocenters. The lowest BCUT2D eigenvalue weighted by molar-refractivity contribution is 0.316. The Kier molecular flexibility index (Phi) is 4.28. The summed E-state index contributed by atoms with van der Waals surface area (Å²) in [5.74, 6) is 1.85. The highest BCUT2D eigenvalue weighted by Gasteiger charge is 2.31. The maximum absolute atomic E-state index is 9.27. The Morgan fingerprint density at radius 3 is 2.78 bits per heavy atom. The molecule has 2 rings (SSSR count). The first-order valence-electron chi connectivity index (χ1n) is 6.58. The largest absolute Gasteiger partial charge is 0.309 e. The lowest BCUT2D eigenvalue weighted by atomic mass is 9.81. The van der Waals surface area contributed by atoms with Gasteiger partial charge >= 0.3 is 0 Å². The van der Waals surface area contributed by atoms with Crippen LogP contribution in [0.3, 0.4) is 0 Å². The molecule has 1 fully saturated rings. The summed E-state index contributed by atoms with van der Waals surface area (Å²) in [6.45, 7) is 4.19. The fraction of sp³-hybridized carbons (Fsp3) is 0.769. The summed E-state index contributed by atoms with van der Waals surface area (Å²) < 4.78 is 2.01. The molecule has 98 valence electrons. The number of nitrogens with zero attached hydrogens (tertiary/aromatic N) is 4. The zero-order valence-corrected chi connectivity index (χ0v) is 12.1. The van der Waals surface area contributed by atoms with Gasteiger partial charge in [0.15, 0.2) is 5.16 Å². The number of hydrogen-bond acceptors (Lipinski definition) is 4. The molecular formula is C13H20N4S. The summed E-state index contributed by atoms with van der Waals surface area (Å²) in [7, 11) is 1.99. The van der Waals surface area contributed by atoms with E-state index in [1.807, 2.05) is 18.5 Å². The SMILES string of the molecule is CCC1CCC(C#N)C(Sc2nnc(C)n2C)C1. The van der Waals surface area contributed by atoms with Gasteiger partial charge in [-0.2, -0.15) is 5.26 Å². The molecule has 1 heterocycles. The molecule has 1 aliphatic carbocycles. The highest BCUT2D eigenvalue weighted by molar-refractivity contribution is 7.99.